The number of nitrogens with zero attached hydrogens (tertiary/aromatic N) is 3. The molecule has 162 valence electrons. The van der Waals surface area contributed by atoms with E-state index >= 15 is 0 Å². The van der Waals surface area contributed by atoms with Crippen LogP contribution in [0.4, 0.5) is 4.79 Å². The highest BCUT2D eigenvalue weighted by molar-refractivity contribution is 6.28. The molecule has 1 aromatic heterocycles. The van der Waals surface area contributed by atoms with Gasteiger partial charge >= 0.3 is 6.03 Å². The molecule has 5 rings (SSSR count). The van der Waals surface area contributed by atoms with Crippen molar-refractivity contribution >= 4 is 29.2 Å². The SMILES string of the molecule is COc1cccc(C2=C3C(=O)N(C)C(=O)N(C)C3C3C(c4ccc(Cl)o4)NCCN23)c1. The van der Waals surface area contributed by atoms with Crippen molar-refractivity contribution in [3.63, 3.8) is 0 Å². The molecule has 0 aliphatic carbocycles. The van der Waals surface area contributed by atoms with Crippen LogP contribution in [0.3, 0.4) is 0 Å². The van der Waals surface area contributed by atoms with Gasteiger partial charge in [-0.3, -0.25) is 9.69 Å². The van der Waals surface area contributed by atoms with E-state index in [1.807, 2.05) is 30.3 Å². The molecule has 8 nitrogen and oxygen atoms in total. The molecule has 4 heterocycles. The number of furan rings is 1. The first-order valence-corrected chi connectivity index (χ1v) is 10.5. The predicted molar refractivity (Wildman–Crippen MR) is 115 cm³/mol. The second-order valence-corrected chi connectivity index (χ2v) is 8.33. The third-order valence-electron chi connectivity index (χ3n) is 6.36. The van der Waals surface area contributed by atoms with Crippen LogP contribution in [0.5, 0.6) is 5.75 Å². The van der Waals surface area contributed by atoms with E-state index in [-0.39, 0.29) is 24.0 Å². The summed E-state index contributed by atoms with van der Waals surface area (Å²) in [4.78, 5) is 31.3. The Bertz CT molecular complexity index is 1100. The van der Waals surface area contributed by atoms with Crippen LogP contribution in [0.15, 0.2) is 46.4 Å². The summed E-state index contributed by atoms with van der Waals surface area (Å²) in [6, 6.07) is 9.99. The lowest BCUT2D eigenvalue weighted by molar-refractivity contribution is -0.126. The molecule has 31 heavy (non-hydrogen) atoms. The van der Waals surface area contributed by atoms with Gasteiger partial charge in [0.25, 0.3) is 5.91 Å². The monoisotopic (exact) mass is 442 g/mol. The maximum absolute atomic E-state index is 13.4. The van der Waals surface area contributed by atoms with E-state index in [1.165, 1.54) is 11.9 Å². The molecule has 1 N–H and O–H groups in total. The van der Waals surface area contributed by atoms with Gasteiger partial charge in [0.2, 0.25) is 0 Å². The van der Waals surface area contributed by atoms with Crippen LogP contribution in [0.1, 0.15) is 17.4 Å². The lowest BCUT2D eigenvalue weighted by atomic mass is 9.90. The van der Waals surface area contributed by atoms with Crippen LogP contribution in [0.2, 0.25) is 5.22 Å². The minimum atomic E-state index is -0.431. The van der Waals surface area contributed by atoms with Crippen LogP contribution < -0.4 is 10.1 Å². The molecule has 2 saturated heterocycles. The Hall–Kier alpha value is -2.97. The van der Waals surface area contributed by atoms with E-state index in [0.29, 0.717) is 35.4 Å². The number of carbonyl (C=O) groups is 2. The van der Waals surface area contributed by atoms with Crippen LogP contribution in [-0.4, -0.2) is 73.0 Å². The fraction of sp³-hybridized carbons (Fsp3) is 0.364. The third-order valence-corrected chi connectivity index (χ3v) is 6.57. The minimum Gasteiger partial charge on any atom is -0.497 e. The van der Waals surface area contributed by atoms with Gasteiger partial charge in [0.1, 0.15) is 11.5 Å². The van der Waals surface area contributed by atoms with Gasteiger partial charge in [0.15, 0.2) is 5.22 Å². The Morgan fingerprint density at radius 3 is 2.71 bits per heavy atom. The summed E-state index contributed by atoms with van der Waals surface area (Å²) < 4.78 is 11.2. The molecule has 2 fully saturated rings. The van der Waals surface area contributed by atoms with Gasteiger partial charge in [0.05, 0.1) is 36.5 Å². The first-order valence-electron chi connectivity index (χ1n) is 10.1. The number of imide groups is 1. The Balaban J connectivity index is 1.70. The highest BCUT2D eigenvalue weighted by atomic mass is 35.5. The van der Waals surface area contributed by atoms with Gasteiger partial charge in [-0.2, -0.15) is 0 Å². The number of fused-ring (bicyclic) bond motifs is 3. The highest BCUT2D eigenvalue weighted by Gasteiger charge is 2.56. The number of ether oxygens (including phenoxy) is 1. The molecule has 1 aromatic carbocycles. The van der Waals surface area contributed by atoms with Crippen molar-refractivity contribution in [3.05, 3.63) is 58.5 Å². The minimum absolute atomic E-state index is 0.223. The number of benzene rings is 1. The molecule has 3 unspecified atom stereocenters. The number of piperazine rings is 1. The van der Waals surface area contributed by atoms with Gasteiger partial charge < -0.3 is 24.3 Å². The van der Waals surface area contributed by atoms with E-state index in [2.05, 4.69) is 10.2 Å². The maximum atomic E-state index is 13.4. The fourth-order valence-electron chi connectivity index (χ4n) is 5.00. The number of likely N-dealkylation sites (N-methyl/N-ethyl adjacent to an activating group) is 2. The summed E-state index contributed by atoms with van der Waals surface area (Å²) in [6.45, 7) is 1.37. The standard InChI is InChI=1S/C22H23ClN4O4/c1-25-19-16(21(28)26(2)22(25)29)18(12-5-4-6-13(11-12)30-3)27-10-9-24-17(20(19)27)14-7-8-15(23)31-14/h4-8,11,17,19-20,24H,9-10H2,1-3H3. The van der Waals surface area contributed by atoms with E-state index < -0.39 is 6.04 Å². The molecule has 0 saturated carbocycles. The van der Waals surface area contributed by atoms with Crippen molar-refractivity contribution < 1.29 is 18.7 Å². The lowest BCUT2D eigenvalue weighted by Crippen LogP contribution is -2.62. The first-order chi connectivity index (χ1) is 14.9. The number of methoxy groups -OCH3 is 1. The number of urea groups is 1. The average molecular weight is 443 g/mol. The van der Waals surface area contributed by atoms with Gasteiger partial charge in [-0.1, -0.05) is 12.1 Å². The maximum Gasteiger partial charge on any atom is 0.327 e. The normalized spacial score (nSPS) is 25.8. The van der Waals surface area contributed by atoms with Crippen LogP contribution >= 0.6 is 11.6 Å². The lowest BCUT2D eigenvalue weighted by Gasteiger charge is -2.45. The Kier molecular flexibility index (Phi) is 4.71. The van der Waals surface area contributed by atoms with Crippen molar-refractivity contribution in [2.75, 3.05) is 34.3 Å². The number of carbonyl (C=O) groups excluding carboxylic acids is 2. The summed E-state index contributed by atoms with van der Waals surface area (Å²) in [5, 5.41) is 3.80. The Labute approximate surface area is 185 Å². The average Bonchev–Trinajstić information content (AvgIpc) is 3.37. The smallest absolute Gasteiger partial charge is 0.327 e. The Morgan fingerprint density at radius 2 is 2.00 bits per heavy atom. The molecule has 0 radical (unpaired) electrons. The molecule has 3 aliphatic rings. The quantitative estimate of drug-likeness (QED) is 0.787. The molecular formula is C22H23ClN4O4. The first kappa shape index (κ1) is 20.0. The topological polar surface area (TPSA) is 78.3 Å². The van der Waals surface area contributed by atoms with Crippen LogP contribution in [0.25, 0.3) is 5.70 Å². The van der Waals surface area contributed by atoms with Crippen LogP contribution in [-0.2, 0) is 4.79 Å². The number of hydrogen-bond donors (Lipinski definition) is 1. The molecule has 3 atom stereocenters. The Morgan fingerprint density at radius 1 is 1.19 bits per heavy atom. The van der Waals surface area contributed by atoms with Crippen molar-refractivity contribution in [1.29, 1.82) is 0 Å². The molecule has 3 amide bonds. The van der Waals surface area contributed by atoms with Gasteiger partial charge in [0, 0.05) is 32.7 Å². The van der Waals surface area contributed by atoms with E-state index in [0.717, 1.165) is 11.3 Å². The number of halogens is 1. The molecular weight excluding hydrogens is 420 g/mol. The predicted octanol–water partition coefficient (Wildman–Crippen LogP) is 2.57. The van der Waals surface area contributed by atoms with Gasteiger partial charge in [-0.15, -0.1) is 0 Å². The second kappa shape index (κ2) is 7.32. The molecule has 9 heteroatoms. The van der Waals surface area contributed by atoms with Crippen molar-refractivity contribution in [1.82, 2.24) is 20.0 Å². The molecule has 2 aromatic rings. The molecule has 0 spiro atoms. The third kappa shape index (κ3) is 2.93. The number of nitrogens with one attached hydrogen (secondary N) is 1. The second-order valence-electron chi connectivity index (χ2n) is 7.95. The summed E-state index contributed by atoms with van der Waals surface area (Å²) in [6.07, 6.45) is 0. The van der Waals surface area contributed by atoms with E-state index in [9.17, 15) is 9.59 Å². The number of amides is 3. The van der Waals surface area contributed by atoms with Gasteiger partial charge in [-0.25, -0.2) is 4.79 Å². The van der Waals surface area contributed by atoms with E-state index in [4.69, 9.17) is 20.8 Å². The fourth-order valence-corrected chi connectivity index (χ4v) is 5.15. The zero-order valence-corrected chi connectivity index (χ0v) is 18.2. The summed E-state index contributed by atoms with van der Waals surface area (Å²) >= 11 is 6.05. The van der Waals surface area contributed by atoms with Gasteiger partial charge in [-0.05, 0) is 35.9 Å². The highest BCUT2D eigenvalue weighted by Crippen LogP contribution is 2.46. The molecule has 3 aliphatic heterocycles. The van der Waals surface area contributed by atoms with E-state index in [1.54, 1.807) is 25.1 Å². The number of hydrogen-bond acceptors (Lipinski definition) is 6. The zero-order valence-electron chi connectivity index (χ0n) is 17.5. The summed E-state index contributed by atoms with van der Waals surface area (Å²) in [7, 11) is 4.88. The summed E-state index contributed by atoms with van der Waals surface area (Å²) in [5.74, 6) is 1.10. The largest absolute Gasteiger partial charge is 0.497 e. The zero-order chi connectivity index (χ0) is 21.9. The van der Waals surface area contributed by atoms with Crippen LogP contribution in [0, 0.1) is 0 Å². The summed E-state index contributed by atoms with van der Waals surface area (Å²) in [5.41, 5.74) is 2.31. The van der Waals surface area contributed by atoms with Crippen molar-refractivity contribution in [2.45, 2.75) is 18.1 Å². The van der Waals surface area contributed by atoms with Crippen molar-refractivity contribution in [3.8, 4) is 5.75 Å². The number of rotatable bonds is 3. The molecule has 0 bridgehead atoms. The van der Waals surface area contributed by atoms with Crippen molar-refractivity contribution in [2.24, 2.45) is 0 Å².